The van der Waals surface area contributed by atoms with Crippen molar-refractivity contribution in [2.75, 3.05) is 13.2 Å². The highest BCUT2D eigenvalue weighted by Crippen LogP contribution is 2.13. The molecule has 5 heteroatoms. The predicted octanol–water partition coefficient (Wildman–Crippen LogP) is 5.33. The van der Waals surface area contributed by atoms with Crippen LogP contribution in [0.1, 0.15) is 110 Å². The first-order valence-corrected chi connectivity index (χ1v) is 11.1. The third kappa shape index (κ3) is 18.0. The number of ether oxygens (including phenoxy) is 2. The Hall–Kier alpha value is -1.10. The molecule has 0 amide bonds. The van der Waals surface area contributed by atoms with E-state index in [1.807, 2.05) is 0 Å². The molecule has 0 saturated heterocycles. The fourth-order valence-electron chi connectivity index (χ4n) is 2.94. The molecule has 0 aliphatic heterocycles. The third-order valence-corrected chi connectivity index (χ3v) is 4.71. The zero-order valence-corrected chi connectivity index (χ0v) is 17.7. The number of hydrogen-bond donors (Lipinski definition) is 1. The van der Waals surface area contributed by atoms with E-state index in [2.05, 4.69) is 6.92 Å². The molecule has 27 heavy (non-hydrogen) atoms. The first kappa shape index (κ1) is 25.9. The van der Waals surface area contributed by atoms with E-state index < -0.39 is 6.10 Å². The molecule has 0 fully saturated rings. The second kappa shape index (κ2) is 19.7. The molecule has 0 spiro atoms. The number of esters is 2. The lowest BCUT2D eigenvalue weighted by Gasteiger charge is -2.15. The molecule has 0 unspecified atom stereocenters. The highest BCUT2D eigenvalue weighted by Gasteiger charge is 2.15. The average Bonchev–Trinajstić information content (AvgIpc) is 2.68. The molecule has 0 rings (SSSR count). The third-order valence-electron chi connectivity index (χ3n) is 4.71. The standard InChI is InChI=1S/C22H42O5/c1-3-5-6-7-8-9-10-11-12-13-14-15-16-17-22(25)27-20(18-23)19-26-21(24)4-2/h20,23H,3-19H2,1-2H3/t20-/m0/s1. The first-order valence-electron chi connectivity index (χ1n) is 11.1. The van der Waals surface area contributed by atoms with E-state index >= 15 is 0 Å². The van der Waals surface area contributed by atoms with Crippen LogP contribution in [0.5, 0.6) is 0 Å². The van der Waals surface area contributed by atoms with Crippen molar-refractivity contribution in [1.29, 1.82) is 0 Å². The summed E-state index contributed by atoms with van der Waals surface area (Å²) >= 11 is 0. The zero-order valence-electron chi connectivity index (χ0n) is 17.7. The number of hydrogen-bond acceptors (Lipinski definition) is 5. The van der Waals surface area contributed by atoms with Crippen LogP contribution >= 0.6 is 0 Å². The van der Waals surface area contributed by atoms with Crippen LogP contribution in [0.4, 0.5) is 0 Å². The van der Waals surface area contributed by atoms with Crippen LogP contribution in [0.3, 0.4) is 0 Å². The van der Waals surface area contributed by atoms with Gasteiger partial charge in [-0.25, -0.2) is 0 Å². The molecular weight excluding hydrogens is 344 g/mol. The van der Waals surface area contributed by atoms with E-state index in [1.165, 1.54) is 64.2 Å². The maximum Gasteiger partial charge on any atom is 0.306 e. The molecule has 0 saturated carbocycles. The lowest BCUT2D eigenvalue weighted by atomic mass is 10.0. The zero-order chi connectivity index (χ0) is 20.2. The second-order valence-corrected chi connectivity index (χ2v) is 7.32. The summed E-state index contributed by atoms with van der Waals surface area (Å²) in [5.74, 6) is -0.689. The number of carbonyl (C=O) groups is 2. The molecule has 5 nitrogen and oxygen atoms in total. The van der Waals surface area contributed by atoms with Crippen LogP contribution < -0.4 is 0 Å². The molecule has 1 atom stereocenters. The number of unbranched alkanes of at least 4 members (excludes halogenated alkanes) is 12. The summed E-state index contributed by atoms with van der Waals surface area (Å²) in [6.45, 7) is 3.54. The van der Waals surface area contributed by atoms with Crippen molar-refractivity contribution in [1.82, 2.24) is 0 Å². The highest BCUT2D eigenvalue weighted by atomic mass is 16.6. The normalized spacial score (nSPS) is 12.0. The van der Waals surface area contributed by atoms with Gasteiger partial charge in [0.25, 0.3) is 0 Å². The van der Waals surface area contributed by atoms with Crippen molar-refractivity contribution < 1.29 is 24.2 Å². The molecule has 0 heterocycles. The molecule has 0 bridgehead atoms. The molecule has 0 aliphatic carbocycles. The molecule has 1 N–H and O–H groups in total. The Morgan fingerprint density at radius 2 is 1.22 bits per heavy atom. The minimum atomic E-state index is -0.755. The van der Waals surface area contributed by atoms with Gasteiger partial charge in [-0.1, -0.05) is 90.9 Å². The minimum absolute atomic E-state index is 0.0759. The quantitative estimate of drug-likeness (QED) is 0.240. The van der Waals surface area contributed by atoms with Gasteiger partial charge in [0.15, 0.2) is 6.10 Å². The number of rotatable bonds is 19. The summed E-state index contributed by atoms with van der Waals surface area (Å²) in [6, 6.07) is 0. The van der Waals surface area contributed by atoms with Crippen molar-refractivity contribution in [3.8, 4) is 0 Å². The van der Waals surface area contributed by atoms with E-state index in [0.29, 0.717) is 6.42 Å². The number of carbonyl (C=O) groups excluding carboxylic acids is 2. The summed E-state index contributed by atoms with van der Waals surface area (Å²) in [5.41, 5.74) is 0. The Balaban J connectivity index is 3.43. The van der Waals surface area contributed by atoms with Crippen molar-refractivity contribution in [2.24, 2.45) is 0 Å². The first-order chi connectivity index (χ1) is 13.1. The van der Waals surface area contributed by atoms with E-state index in [4.69, 9.17) is 9.47 Å². The van der Waals surface area contributed by atoms with Crippen molar-refractivity contribution in [3.63, 3.8) is 0 Å². The maximum absolute atomic E-state index is 11.8. The second-order valence-electron chi connectivity index (χ2n) is 7.32. The lowest BCUT2D eigenvalue weighted by molar-refractivity contribution is -0.161. The van der Waals surface area contributed by atoms with E-state index in [9.17, 15) is 14.7 Å². The lowest BCUT2D eigenvalue weighted by Crippen LogP contribution is -2.28. The van der Waals surface area contributed by atoms with Gasteiger partial charge in [0, 0.05) is 12.8 Å². The summed E-state index contributed by atoms with van der Waals surface area (Å²) in [6.07, 6.45) is 16.3. The number of aliphatic hydroxyl groups excluding tert-OH is 1. The van der Waals surface area contributed by atoms with Gasteiger partial charge in [-0.05, 0) is 6.42 Å². The Morgan fingerprint density at radius 1 is 0.741 bits per heavy atom. The van der Waals surface area contributed by atoms with Gasteiger partial charge in [0.2, 0.25) is 0 Å². The largest absolute Gasteiger partial charge is 0.462 e. The van der Waals surface area contributed by atoms with E-state index in [1.54, 1.807) is 6.92 Å². The van der Waals surface area contributed by atoms with Crippen LogP contribution in [0.15, 0.2) is 0 Å². The Labute approximate surface area is 166 Å². The Kier molecular flexibility index (Phi) is 18.9. The molecular formula is C22H42O5. The summed E-state index contributed by atoms with van der Waals surface area (Å²) < 4.78 is 10.0. The highest BCUT2D eigenvalue weighted by molar-refractivity contribution is 5.70. The van der Waals surface area contributed by atoms with Gasteiger partial charge in [0.1, 0.15) is 6.61 Å². The van der Waals surface area contributed by atoms with Gasteiger partial charge in [0.05, 0.1) is 6.61 Å². The Morgan fingerprint density at radius 3 is 1.67 bits per heavy atom. The van der Waals surface area contributed by atoms with Gasteiger partial charge in [-0.15, -0.1) is 0 Å². The van der Waals surface area contributed by atoms with Gasteiger partial charge in [-0.3, -0.25) is 9.59 Å². The molecule has 0 aromatic rings. The summed E-state index contributed by atoms with van der Waals surface area (Å²) in [5, 5.41) is 9.18. The van der Waals surface area contributed by atoms with Gasteiger partial charge in [-0.2, -0.15) is 0 Å². The molecule has 0 aromatic heterocycles. The smallest absolute Gasteiger partial charge is 0.306 e. The van der Waals surface area contributed by atoms with Crippen molar-refractivity contribution in [2.45, 2.75) is 116 Å². The molecule has 0 aliphatic rings. The van der Waals surface area contributed by atoms with Crippen LogP contribution in [-0.2, 0) is 19.1 Å². The SMILES string of the molecule is CCCCCCCCCCCCCCCC(=O)O[C@@H](CO)COC(=O)CC. The van der Waals surface area contributed by atoms with E-state index in [-0.39, 0.29) is 31.6 Å². The van der Waals surface area contributed by atoms with Crippen LogP contribution in [0.2, 0.25) is 0 Å². The predicted molar refractivity (Wildman–Crippen MR) is 109 cm³/mol. The summed E-state index contributed by atoms with van der Waals surface area (Å²) in [4.78, 5) is 22.8. The van der Waals surface area contributed by atoms with Crippen LogP contribution in [0.25, 0.3) is 0 Å². The van der Waals surface area contributed by atoms with Crippen molar-refractivity contribution in [3.05, 3.63) is 0 Å². The Bertz CT molecular complexity index is 357. The minimum Gasteiger partial charge on any atom is -0.462 e. The average molecular weight is 387 g/mol. The molecule has 0 radical (unpaired) electrons. The van der Waals surface area contributed by atoms with E-state index in [0.717, 1.165) is 19.3 Å². The van der Waals surface area contributed by atoms with Crippen LogP contribution in [-0.4, -0.2) is 36.4 Å². The van der Waals surface area contributed by atoms with Crippen LogP contribution in [0, 0.1) is 0 Å². The molecule has 160 valence electrons. The summed E-state index contributed by atoms with van der Waals surface area (Å²) in [7, 11) is 0. The topological polar surface area (TPSA) is 72.8 Å². The fourth-order valence-corrected chi connectivity index (χ4v) is 2.94. The van der Waals surface area contributed by atoms with Gasteiger partial charge < -0.3 is 14.6 Å². The monoisotopic (exact) mass is 386 g/mol. The maximum atomic E-state index is 11.8. The molecule has 0 aromatic carbocycles. The number of aliphatic hydroxyl groups is 1. The fraction of sp³-hybridized carbons (Fsp3) is 0.909. The van der Waals surface area contributed by atoms with Gasteiger partial charge >= 0.3 is 11.9 Å². The van der Waals surface area contributed by atoms with Crippen molar-refractivity contribution >= 4 is 11.9 Å².